The molecule has 0 saturated carbocycles. The zero-order valence-corrected chi connectivity index (χ0v) is 8.30. The van der Waals surface area contributed by atoms with Crippen molar-refractivity contribution in [1.82, 2.24) is 25.0 Å². The van der Waals surface area contributed by atoms with Crippen LogP contribution in [0.2, 0.25) is 0 Å². The molecule has 1 atom stereocenters. The highest BCUT2D eigenvalue weighted by atomic mass is 16.7. The van der Waals surface area contributed by atoms with Crippen molar-refractivity contribution in [2.75, 3.05) is 12.3 Å². The fourth-order valence-corrected chi connectivity index (χ4v) is 1.75. The number of imidazole rings is 1. The Morgan fingerprint density at radius 3 is 3.25 bits per heavy atom. The van der Waals surface area contributed by atoms with Crippen molar-refractivity contribution in [3.8, 4) is 0 Å². The second-order valence-electron chi connectivity index (χ2n) is 3.53. The average Bonchev–Trinajstić information content (AvgIpc) is 2.83. The number of fused-ring (bicyclic) bond motifs is 1. The smallest absolute Gasteiger partial charge is 0.280 e. The maximum Gasteiger partial charge on any atom is 0.280 e. The van der Waals surface area contributed by atoms with E-state index in [-0.39, 0.29) is 23.3 Å². The van der Waals surface area contributed by atoms with Gasteiger partial charge in [0.15, 0.2) is 17.4 Å². The number of H-pyrrole nitrogens is 1. The summed E-state index contributed by atoms with van der Waals surface area (Å²) in [5.74, 6) is 0.0743. The topological polar surface area (TPSA) is 111 Å². The van der Waals surface area contributed by atoms with Gasteiger partial charge in [0.2, 0.25) is 5.95 Å². The number of nitrogens with one attached hydrogen (secondary N) is 2. The van der Waals surface area contributed by atoms with E-state index in [9.17, 15) is 4.79 Å². The van der Waals surface area contributed by atoms with Crippen LogP contribution in [0, 0.1) is 0 Å². The lowest BCUT2D eigenvalue weighted by molar-refractivity contribution is -0.00711. The second-order valence-corrected chi connectivity index (χ2v) is 3.53. The summed E-state index contributed by atoms with van der Waals surface area (Å²) >= 11 is 0. The number of nitrogens with two attached hydrogens (primary N) is 1. The Labute approximate surface area is 89.4 Å². The predicted molar refractivity (Wildman–Crippen MR) is 55.3 cm³/mol. The molecule has 0 aliphatic carbocycles. The van der Waals surface area contributed by atoms with E-state index in [0.717, 1.165) is 13.0 Å². The summed E-state index contributed by atoms with van der Waals surface area (Å²) in [5.41, 5.74) is 8.62. The van der Waals surface area contributed by atoms with Gasteiger partial charge in [0.05, 0.1) is 6.33 Å². The monoisotopic (exact) mass is 222 g/mol. The summed E-state index contributed by atoms with van der Waals surface area (Å²) in [7, 11) is 0. The third-order valence-corrected chi connectivity index (χ3v) is 2.47. The minimum Gasteiger partial charge on any atom is -0.369 e. The third-order valence-electron chi connectivity index (χ3n) is 2.47. The van der Waals surface area contributed by atoms with Crippen LogP contribution in [0.25, 0.3) is 11.2 Å². The molecule has 8 heteroatoms. The summed E-state index contributed by atoms with van der Waals surface area (Å²) in [5, 5.41) is 0. The first-order chi connectivity index (χ1) is 7.75. The van der Waals surface area contributed by atoms with Crippen molar-refractivity contribution in [1.29, 1.82) is 0 Å². The molecule has 84 valence electrons. The van der Waals surface area contributed by atoms with Crippen LogP contribution >= 0.6 is 0 Å². The van der Waals surface area contributed by atoms with Gasteiger partial charge in [-0.3, -0.25) is 19.2 Å². The molecule has 2 aromatic heterocycles. The lowest BCUT2D eigenvalue weighted by Crippen LogP contribution is -2.14. The molecule has 2 aromatic rings. The number of aromatic amines is 1. The highest BCUT2D eigenvalue weighted by Gasteiger charge is 2.21. The van der Waals surface area contributed by atoms with Crippen LogP contribution in [0.15, 0.2) is 11.1 Å². The van der Waals surface area contributed by atoms with Gasteiger partial charge < -0.3 is 5.73 Å². The van der Waals surface area contributed by atoms with Crippen LogP contribution in [0.1, 0.15) is 12.6 Å². The number of rotatable bonds is 1. The van der Waals surface area contributed by atoms with E-state index >= 15 is 0 Å². The lowest BCUT2D eigenvalue weighted by Gasteiger charge is -2.09. The van der Waals surface area contributed by atoms with Crippen molar-refractivity contribution in [3.63, 3.8) is 0 Å². The molecule has 0 spiro atoms. The van der Waals surface area contributed by atoms with E-state index in [1.54, 1.807) is 4.57 Å². The SMILES string of the molecule is Nc1nc2c(ncn2[C@H]2CCNO2)c(=O)[nH]1. The maximum absolute atomic E-state index is 11.5. The fraction of sp³-hybridized carbons (Fsp3) is 0.375. The van der Waals surface area contributed by atoms with Gasteiger partial charge in [-0.05, 0) is 0 Å². The second kappa shape index (κ2) is 3.29. The predicted octanol–water partition coefficient (Wildman–Crippen LogP) is -0.875. The van der Waals surface area contributed by atoms with Crippen LogP contribution < -0.4 is 16.8 Å². The average molecular weight is 222 g/mol. The molecule has 1 fully saturated rings. The molecule has 4 N–H and O–H groups in total. The molecular weight excluding hydrogens is 212 g/mol. The van der Waals surface area contributed by atoms with Gasteiger partial charge in [0.1, 0.15) is 0 Å². The highest BCUT2D eigenvalue weighted by molar-refractivity contribution is 5.70. The molecule has 0 bridgehead atoms. The normalized spacial score (nSPS) is 20.6. The molecule has 1 aliphatic heterocycles. The van der Waals surface area contributed by atoms with Crippen molar-refractivity contribution >= 4 is 17.1 Å². The number of hydrogen-bond acceptors (Lipinski definition) is 6. The van der Waals surface area contributed by atoms with Gasteiger partial charge in [-0.25, -0.2) is 4.98 Å². The van der Waals surface area contributed by atoms with E-state index in [1.165, 1.54) is 6.33 Å². The van der Waals surface area contributed by atoms with Crippen LogP contribution in [-0.2, 0) is 4.84 Å². The van der Waals surface area contributed by atoms with E-state index in [0.29, 0.717) is 5.65 Å². The van der Waals surface area contributed by atoms with E-state index in [2.05, 4.69) is 20.4 Å². The van der Waals surface area contributed by atoms with E-state index in [4.69, 9.17) is 10.6 Å². The molecule has 8 nitrogen and oxygen atoms in total. The summed E-state index contributed by atoms with van der Waals surface area (Å²) in [6.45, 7) is 0.753. The molecule has 3 heterocycles. The van der Waals surface area contributed by atoms with Crippen molar-refractivity contribution in [2.45, 2.75) is 12.6 Å². The Hall–Kier alpha value is -1.93. The largest absolute Gasteiger partial charge is 0.369 e. The van der Waals surface area contributed by atoms with Crippen LogP contribution in [0.3, 0.4) is 0 Å². The standard InChI is InChI=1S/C8H10N6O2/c9-8-12-6-5(7(15)13-8)10-3-14(6)4-1-2-11-16-4/h3-4,11H,1-2H2,(H3,9,12,13,15)/t4-/m1/s1. The molecule has 0 aromatic carbocycles. The van der Waals surface area contributed by atoms with E-state index < -0.39 is 0 Å². The summed E-state index contributed by atoms with van der Waals surface area (Å²) < 4.78 is 1.70. The third kappa shape index (κ3) is 1.27. The van der Waals surface area contributed by atoms with Gasteiger partial charge in [-0.15, -0.1) is 0 Å². The number of hydrogen-bond donors (Lipinski definition) is 3. The van der Waals surface area contributed by atoms with Gasteiger partial charge >= 0.3 is 0 Å². The fourth-order valence-electron chi connectivity index (χ4n) is 1.75. The van der Waals surface area contributed by atoms with Gasteiger partial charge in [0, 0.05) is 13.0 Å². The number of hydroxylamine groups is 1. The lowest BCUT2D eigenvalue weighted by atomic mass is 10.4. The molecule has 0 unspecified atom stereocenters. The van der Waals surface area contributed by atoms with Gasteiger partial charge in [0.25, 0.3) is 5.56 Å². The number of nitrogens with zero attached hydrogens (tertiary/aromatic N) is 3. The van der Waals surface area contributed by atoms with Gasteiger partial charge in [-0.2, -0.15) is 10.5 Å². The molecule has 1 aliphatic rings. The number of aromatic nitrogens is 4. The van der Waals surface area contributed by atoms with Crippen molar-refractivity contribution in [3.05, 3.63) is 16.7 Å². The first-order valence-corrected chi connectivity index (χ1v) is 4.86. The Balaban J connectivity index is 2.22. The maximum atomic E-state index is 11.5. The summed E-state index contributed by atoms with van der Waals surface area (Å²) in [6, 6.07) is 0. The van der Waals surface area contributed by atoms with Gasteiger partial charge in [-0.1, -0.05) is 0 Å². The Morgan fingerprint density at radius 2 is 2.50 bits per heavy atom. The number of anilines is 1. The molecule has 0 amide bonds. The minimum atomic E-state index is -0.341. The zero-order chi connectivity index (χ0) is 11.1. The first-order valence-electron chi connectivity index (χ1n) is 4.86. The molecule has 3 rings (SSSR count). The zero-order valence-electron chi connectivity index (χ0n) is 8.30. The molecule has 1 saturated heterocycles. The van der Waals surface area contributed by atoms with Crippen LogP contribution in [0.5, 0.6) is 0 Å². The van der Waals surface area contributed by atoms with Crippen LogP contribution in [0.4, 0.5) is 5.95 Å². The summed E-state index contributed by atoms with van der Waals surface area (Å²) in [4.78, 5) is 27.2. The Kier molecular flexibility index (Phi) is 1.91. The van der Waals surface area contributed by atoms with Crippen LogP contribution in [-0.4, -0.2) is 26.1 Å². The molecular formula is C8H10N6O2. The molecule has 16 heavy (non-hydrogen) atoms. The molecule has 0 radical (unpaired) electrons. The quantitative estimate of drug-likeness (QED) is 0.578. The van der Waals surface area contributed by atoms with Crippen molar-refractivity contribution < 1.29 is 4.84 Å². The Morgan fingerprint density at radius 1 is 1.62 bits per heavy atom. The highest BCUT2D eigenvalue weighted by Crippen LogP contribution is 2.20. The summed E-state index contributed by atoms with van der Waals surface area (Å²) in [6.07, 6.45) is 2.13. The minimum absolute atomic E-state index is 0.0743. The first kappa shape index (κ1) is 9.31. The van der Waals surface area contributed by atoms with Crippen molar-refractivity contribution in [2.24, 2.45) is 0 Å². The number of nitrogen functional groups attached to an aromatic ring is 1. The Bertz CT molecular complexity index is 582. The van der Waals surface area contributed by atoms with E-state index in [1.807, 2.05) is 0 Å².